The third kappa shape index (κ3) is 1.82. The van der Waals surface area contributed by atoms with E-state index in [0.29, 0.717) is 22.4 Å². The molecule has 1 aromatic heterocycles. The highest BCUT2D eigenvalue weighted by molar-refractivity contribution is 5.93. The summed E-state index contributed by atoms with van der Waals surface area (Å²) in [5, 5.41) is 11.0. The number of carbonyl (C=O) groups excluding carboxylic acids is 1. The molecule has 1 aliphatic rings. The molecule has 1 atom stereocenters. The number of hydrogen-bond donors (Lipinski definition) is 0. The third-order valence-electron chi connectivity index (χ3n) is 3.26. The lowest BCUT2D eigenvalue weighted by Gasteiger charge is -2.10. The molecule has 20 heavy (non-hydrogen) atoms. The van der Waals surface area contributed by atoms with Gasteiger partial charge in [0.15, 0.2) is 6.10 Å². The molecule has 0 fully saturated rings. The average Bonchev–Trinajstić information content (AvgIpc) is 2.77. The Hall–Kier alpha value is -2.76. The summed E-state index contributed by atoms with van der Waals surface area (Å²) >= 11 is 0. The zero-order valence-corrected chi connectivity index (χ0v) is 10.6. The molecule has 6 nitrogen and oxygen atoms in total. The number of ether oxygens (including phenoxy) is 1. The predicted octanol–water partition coefficient (Wildman–Crippen LogP) is 2.56. The molecule has 1 aromatic carbocycles. The molecule has 0 aliphatic carbocycles. The number of cyclic esters (lactones) is 1. The summed E-state index contributed by atoms with van der Waals surface area (Å²) in [7, 11) is 0. The molecule has 3 rings (SSSR count). The fourth-order valence-corrected chi connectivity index (χ4v) is 2.24. The number of nitrogens with zero attached hydrogens (tertiary/aromatic N) is 2. The molecule has 100 valence electrons. The van der Waals surface area contributed by atoms with Crippen molar-refractivity contribution in [1.29, 1.82) is 0 Å². The molecule has 0 radical (unpaired) electrons. The van der Waals surface area contributed by atoms with Crippen LogP contribution < -0.4 is 0 Å². The van der Waals surface area contributed by atoms with Gasteiger partial charge >= 0.3 is 5.97 Å². The third-order valence-corrected chi connectivity index (χ3v) is 3.26. The minimum Gasteiger partial charge on any atom is -0.447 e. The minimum atomic E-state index is -0.682. The van der Waals surface area contributed by atoms with Crippen molar-refractivity contribution in [1.82, 2.24) is 4.98 Å². The maximum Gasteiger partial charge on any atom is 0.341 e. The molecule has 0 saturated heterocycles. The Balaban J connectivity index is 2.10. The van der Waals surface area contributed by atoms with Crippen LogP contribution in [0.3, 0.4) is 0 Å². The second-order valence-electron chi connectivity index (χ2n) is 4.52. The first-order chi connectivity index (χ1) is 9.58. The second-order valence-corrected chi connectivity index (χ2v) is 4.52. The van der Waals surface area contributed by atoms with Crippen LogP contribution in [0, 0.1) is 17.0 Å². The van der Waals surface area contributed by atoms with Crippen LogP contribution in [0.4, 0.5) is 5.69 Å². The molecular formula is C14H10N2O4. The predicted molar refractivity (Wildman–Crippen MR) is 69.3 cm³/mol. The number of fused-ring (bicyclic) bond motifs is 1. The van der Waals surface area contributed by atoms with Crippen molar-refractivity contribution in [2.75, 3.05) is 0 Å². The molecule has 0 bridgehead atoms. The summed E-state index contributed by atoms with van der Waals surface area (Å²) in [6.07, 6.45) is 0.883. The SMILES string of the molecule is Cc1ccc(C2OC(=O)c3cccnc32)cc1[N+](=O)[O-]. The number of aromatic nitrogens is 1. The van der Waals surface area contributed by atoms with Crippen molar-refractivity contribution in [3.8, 4) is 0 Å². The van der Waals surface area contributed by atoms with E-state index in [4.69, 9.17) is 4.74 Å². The molecule has 0 spiro atoms. The molecule has 0 saturated carbocycles. The van der Waals surface area contributed by atoms with Crippen LogP contribution in [0.25, 0.3) is 0 Å². The first-order valence-corrected chi connectivity index (χ1v) is 5.99. The van der Waals surface area contributed by atoms with E-state index in [1.165, 1.54) is 6.07 Å². The molecular weight excluding hydrogens is 260 g/mol. The minimum absolute atomic E-state index is 0.00271. The molecule has 1 unspecified atom stereocenters. The van der Waals surface area contributed by atoms with E-state index in [1.807, 2.05) is 0 Å². The number of rotatable bonds is 2. The highest BCUT2D eigenvalue weighted by Crippen LogP contribution is 2.35. The lowest BCUT2D eigenvalue weighted by Crippen LogP contribution is -2.03. The van der Waals surface area contributed by atoms with Gasteiger partial charge in [-0.15, -0.1) is 0 Å². The number of carbonyl (C=O) groups is 1. The number of nitro benzene ring substituents is 1. The Morgan fingerprint density at radius 2 is 2.15 bits per heavy atom. The summed E-state index contributed by atoms with van der Waals surface area (Å²) in [6.45, 7) is 1.66. The van der Waals surface area contributed by atoms with Crippen molar-refractivity contribution in [3.63, 3.8) is 0 Å². The second kappa shape index (κ2) is 4.41. The highest BCUT2D eigenvalue weighted by Gasteiger charge is 2.34. The molecule has 2 heterocycles. The van der Waals surface area contributed by atoms with E-state index in [-0.39, 0.29) is 5.69 Å². The molecule has 2 aromatic rings. The number of hydrogen-bond acceptors (Lipinski definition) is 5. The fourth-order valence-electron chi connectivity index (χ4n) is 2.24. The van der Waals surface area contributed by atoms with Crippen LogP contribution in [0.5, 0.6) is 0 Å². The van der Waals surface area contributed by atoms with Gasteiger partial charge in [0, 0.05) is 23.4 Å². The lowest BCUT2D eigenvalue weighted by molar-refractivity contribution is -0.385. The molecule has 6 heteroatoms. The summed E-state index contributed by atoms with van der Waals surface area (Å²) in [5.41, 5.74) is 2.01. The van der Waals surface area contributed by atoms with Gasteiger partial charge in [0.1, 0.15) is 5.69 Å². The first kappa shape index (κ1) is 12.3. The van der Waals surface area contributed by atoms with Gasteiger partial charge in [0.2, 0.25) is 0 Å². The fraction of sp³-hybridized carbons (Fsp3) is 0.143. The maximum atomic E-state index is 11.7. The zero-order valence-electron chi connectivity index (χ0n) is 10.6. The summed E-state index contributed by atoms with van der Waals surface area (Å²) in [4.78, 5) is 26.4. The summed E-state index contributed by atoms with van der Waals surface area (Å²) in [6, 6.07) is 8.07. The van der Waals surface area contributed by atoms with Crippen molar-refractivity contribution >= 4 is 11.7 Å². The van der Waals surface area contributed by atoms with Crippen LogP contribution in [0.15, 0.2) is 36.5 Å². The van der Waals surface area contributed by atoms with Crippen molar-refractivity contribution < 1.29 is 14.5 Å². The number of nitro groups is 1. The Labute approximate surface area is 114 Å². The van der Waals surface area contributed by atoms with Crippen LogP contribution >= 0.6 is 0 Å². The number of benzene rings is 1. The molecule has 1 aliphatic heterocycles. The van der Waals surface area contributed by atoms with Gasteiger partial charge in [-0.05, 0) is 19.1 Å². The van der Waals surface area contributed by atoms with E-state index in [1.54, 1.807) is 37.4 Å². The van der Waals surface area contributed by atoms with Crippen LogP contribution in [-0.2, 0) is 4.74 Å². The average molecular weight is 270 g/mol. The van der Waals surface area contributed by atoms with E-state index in [9.17, 15) is 14.9 Å². The van der Waals surface area contributed by atoms with Gasteiger partial charge in [0.05, 0.1) is 10.5 Å². The van der Waals surface area contributed by atoms with E-state index >= 15 is 0 Å². The largest absolute Gasteiger partial charge is 0.447 e. The van der Waals surface area contributed by atoms with Gasteiger partial charge < -0.3 is 4.74 Å². The molecule has 0 amide bonds. The molecule has 0 N–H and O–H groups in total. The van der Waals surface area contributed by atoms with Crippen molar-refractivity contribution in [2.45, 2.75) is 13.0 Å². The highest BCUT2D eigenvalue weighted by atomic mass is 16.6. The van der Waals surface area contributed by atoms with E-state index in [2.05, 4.69) is 4.98 Å². The van der Waals surface area contributed by atoms with Crippen molar-refractivity contribution in [2.24, 2.45) is 0 Å². The Kier molecular flexibility index (Phi) is 2.71. The van der Waals surface area contributed by atoms with E-state index in [0.717, 1.165) is 0 Å². The standard InChI is InChI=1S/C14H10N2O4/c1-8-4-5-9(7-11(8)16(18)19)13-12-10(14(17)20-13)3-2-6-15-12/h2-7,13H,1H3. The number of pyridine rings is 1. The quantitative estimate of drug-likeness (QED) is 0.476. The monoisotopic (exact) mass is 270 g/mol. The first-order valence-electron chi connectivity index (χ1n) is 5.99. The topological polar surface area (TPSA) is 82.3 Å². The van der Waals surface area contributed by atoms with Gasteiger partial charge in [-0.25, -0.2) is 4.79 Å². The lowest BCUT2D eigenvalue weighted by atomic mass is 10.0. The maximum absolute atomic E-state index is 11.7. The zero-order chi connectivity index (χ0) is 14.3. The van der Waals surface area contributed by atoms with Crippen LogP contribution in [0.2, 0.25) is 0 Å². The van der Waals surface area contributed by atoms with Crippen LogP contribution in [-0.4, -0.2) is 15.9 Å². The Bertz CT molecular complexity index is 727. The van der Waals surface area contributed by atoms with Gasteiger partial charge in [-0.2, -0.15) is 0 Å². The van der Waals surface area contributed by atoms with Crippen LogP contribution in [0.1, 0.15) is 33.3 Å². The van der Waals surface area contributed by atoms with Gasteiger partial charge in [-0.1, -0.05) is 12.1 Å². The van der Waals surface area contributed by atoms with E-state index < -0.39 is 17.0 Å². The Morgan fingerprint density at radius 1 is 1.35 bits per heavy atom. The smallest absolute Gasteiger partial charge is 0.341 e. The van der Waals surface area contributed by atoms with Crippen molar-refractivity contribution in [3.05, 3.63) is 69.0 Å². The summed E-state index contributed by atoms with van der Waals surface area (Å²) in [5.74, 6) is -0.457. The normalized spacial score (nSPS) is 16.6. The Morgan fingerprint density at radius 3 is 2.90 bits per heavy atom. The van der Waals surface area contributed by atoms with Gasteiger partial charge in [0.25, 0.3) is 5.69 Å². The summed E-state index contributed by atoms with van der Waals surface area (Å²) < 4.78 is 5.27. The number of esters is 1. The van der Waals surface area contributed by atoms with Gasteiger partial charge in [-0.3, -0.25) is 15.1 Å². The number of aryl methyl sites for hydroxylation is 1.